The molecule has 106 valence electrons. The molecule has 20 heavy (non-hydrogen) atoms. The number of piperidine rings is 1. The van der Waals surface area contributed by atoms with Gasteiger partial charge in [0.25, 0.3) is 5.91 Å². The first-order valence-corrected chi connectivity index (χ1v) is 7.33. The van der Waals surface area contributed by atoms with Crippen LogP contribution in [0.1, 0.15) is 35.7 Å². The van der Waals surface area contributed by atoms with Crippen molar-refractivity contribution < 1.29 is 9.59 Å². The maximum atomic E-state index is 12.6. The van der Waals surface area contributed by atoms with Crippen LogP contribution < -0.4 is 5.32 Å². The van der Waals surface area contributed by atoms with Gasteiger partial charge in [-0.2, -0.15) is 0 Å². The molecule has 0 spiro atoms. The van der Waals surface area contributed by atoms with Gasteiger partial charge in [0.15, 0.2) is 0 Å². The molecule has 0 radical (unpaired) electrons. The van der Waals surface area contributed by atoms with E-state index in [-0.39, 0.29) is 17.9 Å². The molecule has 4 heteroatoms. The summed E-state index contributed by atoms with van der Waals surface area (Å²) in [6.07, 6.45) is 2.53. The summed E-state index contributed by atoms with van der Waals surface area (Å²) in [5.74, 6) is 0.170. The van der Waals surface area contributed by atoms with Crippen LogP contribution in [0.15, 0.2) is 24.3 Å². The highest BCUT2D eigenvalue weighted by Gasteiger charge is 2.37. The number of nitrogens with one attached hydrogen (secondary N) is 1. The minimum Gasteiger partial charge on any atom is -0.316 e. The quantitative estimate of drug-likeness (QED) is 0.832. The van der Waals surface area contributed by atoms with E-state index in [2.05, 4.69) is 5.32 Å². The zero-order valence-corrected chi connectivity index (χ0v) is 11.8. The fourth-order valence-corrected chi connectivity index (χ4v) is 3.29. The van der Waals surface area contributed by atoms with Crippen molar-refractivity contribution in [2.24, 2.45) is 5.92 Å². The van der Waals surface area contributed by atoms with Gasteiger partial charge in [0.05, 0.1) is 6.42 Å². The van der Waals surface area contributed by atoms with Gasteiger partial charge in [0.2, 0.25) is 5.91 Å². The SMILES string of the molecule is CC(C1CCCNC1)N1C(=O)Cc2ccccc2C1=O. The summed E-state index contributed by atoms with van der Waals surface area (Å²) in [6, 6.07) is 7.40. The van der Waals surface area contributed by atoms with E-state index >= 15 is 0 Å². The number of carbonyl (C=O) groups excluding carboxylic acids is 2. The summed E-state index contributed by atoms with van der Waals surface area (Å²) >= 11 is 0. The van der Waals surface area contributed by atoms with Crippen molar-refractivity contribution in [2.75, 3.05) is 13.1 Å². The number of hydrogen-bond acceptors (Lipinski definition) is 3. The van der Waals surface area contributed by atoms with Crippen molar-refractivity contribution in [1.82, 2.24) is 10.2 Å². The second kappa shape index (κ2) is 5.37. The normalized spacial score (nSPS) is 24.4. The standard InChI is InChI=1S/C16H20N2O2/c1-11(13-6-4-8-17-10-13)18-15(19)9-12-5-2-3-7-14(12)16(18)20/h2-3,5,7,11,13,17H,4,6,8-10H2,1H3. The molecule has 2 heterocycles. The molecule has 1 fully saturated rings. The van der Waals surface area contributed by atoms with Gasteiger partial charge in [-0.25, -0.2) is 0 Å². The molecule has 1 saturated heterocycles. The van der Waals surface area contributed by atoms with Crippen molar-refractivity contribution in [2.45, 2.75) is 32.2 Å². The van der Waals surface area contributed by atoms with Crippen LogP contribution >= 0.6 is 0 Å². The molecule has 0 aromatic heterocycles. The smallest absolute Gasteiger partial charge is 0.261 e. The lowest BCUT2D eigenvalue weighted by molar-refractivity contribution is -0.131. The number of carbonyl (C=O) groups is 2. The second-order valence-corrected chi connectivity index (χ2v) is 5.75. The molecule has 1 N–H and O–H groups in total. The third kappa shape index (κ3) is 2.24. The lowest BCUT2D eigenvalue weighted by Gasteiger charge is -2.37. The van der Waals surface area contributed by atoms with E-state index in [4.69, 9.17) is 0 Å². The highest BCUT2D eigenvalue weighted by Crippen LogP contribution is 2.26. The summed E-state index contributed by atoms with van der Waals surface area (Å²) in [6.45, 7) is 3.93. The van der Waals surface area contributed by atoms with Crippen LogP contribution in [0.25, 0.3) is 0 Å². The predicted octanol–water partition coefficient (Wildman–Crippen LogP) is 1.60. The van der Waals surface area contributed by atoms with Crippen molar-refractivity contribution >= 4 is 11.8 Å². The number of rotatable bonds is 2. The van der Waals surface area contributed by atoms with E-state index in [0.29, 0.717) is 17.9 Å². The van der Waals surface area contributed by atoms with Crippen molar-refractivity contribution in [3.05, 3.63) is 35.4 Å². The number of amides is 2. The molecule has 2 unspecified atom stereocenters. The highest BCUT2D eigenvalue weighted by atomic mass is 16.2. The van der Waals surface area contributed by atoms with Gasteiger partial charge in [-0.3, -0.25) is 14.5 Å². The molecule has 4 nitrogen and oxygen atoms in total. The molecule has 2 aliphatic rings. The van der Waals surface area contributed by atoms with Crippen LogP contribution in [0, 0.1) is 5.92 Å². The number of imide groups is 1. The first kappa shape index (κ1) is 13.3. The molecular formula is C16H20N2O2. The third-order valence-corrected chi connectivity index (χ3v) is 4.50. The van der Waals surface area contributed by atoms with E-state index in [1.165, 1.54) is 4.90 Å². The fourth-order valence-electron chi connectivity index (χ4n) is 3.29. The molecule has 1 aromatic carbocycles. The van der Waals surface area contributed by atoms with E-state index in [1.807, 2.05) is 31.2 Å². The summed E-state index contributed by atoms with van der Waals surface area (Å²) in [5, 5.41) is 3.35. The van der Waals surface area contributed by atoms with Gasteiger partial charge in [-0.15, -0.1) is 0 Å². The molecular weight excluding hydrogens is 252 g/mol. The van der Waals surface area contributed by atoms with E-state index < -0.39 is 0 Å². The molecule has 3 rings (SSSR count). The summed E-state index contributed by atoms with van der Waals surface area (Å²) in [5.41, 5.74) is 1.54. The van der Waals surface area contributed by atoms with Crippen molar-refractivity contribution in [1.29, 1.82) is 0 Å². The average Bonchev–Trinajstić information content (AvgIpc) is 2.48. The average molecular weight is 272 g/mol. The van der Waals surface area contributed by atoms with E-state index in [0.717, 1.165) is 31.5 Å². The summed E-state index contributed by atoms with van der Waals surface area (Å²) in [4.78, 5) is 26.4. The van der Waals surface area contributed by atoms with Crippen LogP contribution in [-0.4, -0.2) is 35.8 Å². The van der Waals surface area contributed by atoms with E-state index in [9.17, 15) is 9.59 Å². The van der Waals surface area contributed by atoms with Crippen LogP contribution in [0.2, 0.25) is 0 Å². The zero-order chi connectivity index (χ0) is 14.1. The van der Waals surface area contributed by atoms with Gasteiger partial charge in [-0.1, -0.05) is 18.2 Å². The first-order chi connectivity index (χ1) is 9.68. The van der Waals surface area contributed by atoms with Crippen molar-refractivity contribution in [3.8, 4) is 0 Å². The second-order valence-electron chi connectivity index (χ2n) is 5.75. The largest absolute Gasteiger partial charge is 0.316 e. The lowest BCUT2D eigenvalue weighted by Crippen LogP contribution is -2.52. The maximum Gasteiger partial charge on any atom is 0.261 e. The van der Waals surface area contributed by atoms with Gasteiger partial charge in [-0.05, 0) is 50.4 Å². The van der Waals surface area contributed by atoms with Crippen LogP contribution in [0.4, 0.5) is 0 Å². The lowest BCUT2D eigenvalue weighted by atomic mass is 9.89. The number of nitrogens with zero attached hydrogens (tertiary/aromatic N) is 1. The molecule has 0 bridgehead atoms. The molecule has 2 amide bonds. The summed E-state index contributed by atoms with van der Waals surface area (Å²) < 4.78 is 0. The Morgan fingerprint density at radius 2 is 2.10 bits per heavy atom. The Hall–Kier alpha value is -1.68. The number of fused-ring (bicyclic) bond motifs is 1. The number of hydrogen-bond donors (Lipinski definition) is 1. The van der Waals surface area contributed by atoms with Crippen LogP contribution in [0.5, 0.6) is 0 Å². The Morgan fingerprint density at radius 1 is 1.30 bits per heavy atom. The maximum absolute atomic E-state index is 12.6. The van der Waals surface area contributed by atoms with Crippen molar-refractivity contribution in [3.63, 3.8) is 0 Å². The Labute approximate surface area is 119 Å². The van der Waals surface area contributed by atoms with Gasteiger partial charge >= 0.3 is 0 Å². The van der Waals surface area contributed by atoms with Gasteiger partial charge in [0, 0.05) is 11.6 Å². The van der Waals surface area contributed by atoms with E-state index in [1.54, 1.807) is 0 Å². The first-order valence-electron chi connectivity index (χ1n) is 7.33. The molecule has 2 atom stereocenters. The molecule has 1 aromatic rings. The highest BCUT2D eigenvalue weighted by molar-refractivity contribution is 6.09. The Bertz CT molecular complexity index is 535. The zero-order valence-electron chi connectivity index (χ0n) is 11.8. The Kier molecular flexibility index (Phi) is 3.57. The fraction of sp³-hybridized carbons (Fsp3) is 0.500. The topological polar surface area (TPSA) is 49.4 Å². The molecule has 0 saturated carbocycles. The minimum atomic E-state index is -0.130. The third-order valence-electron chi connectivity index (χ3n) is 4.50. The minimum absolute atomic E-state index is 0.0313. The monoisotopic (exact) mass is 272 g/mol. The van der Waals surface area contributed by atoms with Crippen LogP contribution in [0.3, 0.4) is 0 Å². The van der Waals surface area contributed by atoms with Crippen LogP contribution in [-0.2, 0) is 11.2 Å². The number of benzene rings is 1. The predicted molar refractivity (Wildman–Crippen MR) is 76.4 cm³/mol. The van der Waals surface area contributed by atoms with Gasteiger partial charge in [0.1, 0.15) is 0 Å². The molecule has 2 aliphatic heterocycles. The van der Waals surface area contributed by atoms with Gasteiger partial charge < -0.3 is 5.32 Å². The summed E-state index contributed by atoms with van der Waals surface area (Å²) in [7, 11) is 0. The molecule has 0 aliphatic carbocycles. The Morgan fingerprint density at radius 3 is 2.85 bits per heavy atom. The Balaban J connectivity index is 1.86.